The number of ether oxygens (including phenoxy) is 1. The number of non-ortho nitro benzene ring substituents is 1. The summed E-state index contributed by atoms with van der Waals surface area (Å²) in [6.45, 7) is 4.51. The van der Waals surface area contributed by atoms with Gasteiger partial charge < -0.3 is 14.9 Å². The minimum atomic E-state index is -1.50. The molecule has 1 aromatic carbocycles. The molecule has 0 bridgehead atoms. The predicted octanol–water partition coefficient (Wildman–Crippen LogP) is 3.75. The number of thiazole rings is 1. The van der Waals surface area contributed by atoms with Gasteiger partial charge in [0.2, 0.25) is 0 Å². The number of esters is 1. The van der Waals surface area contributed by atoms with Crippen LogP contribution in [-0.4, -0.2) is 44.6 Å². The Balaban J connectivity index is 2.30. The number of hydrogen-bond donors (Lipinski definition) is 3. The molecule has 0 radical (unpaired) electrons. The molecule has 0 atom stereocenters. The number of hydrogen-bond acceptors (Lipinski definition) is 11. The fraction of sp³-hybridized carbons (Fsp3) is 0.222. The van der Waals surface area contributed by atoms with Crippen LogP contribution in [0.25, 0.3) is 0 Å². The monoisotopic (exact) mass is 463 g/mol. The Morgan fingerprint density at radius 2 is 2.00 bits per heavy atom. The summed E-state index contributed by atoms with van der Waals surface area (Å²) < 4.78 is 4.90. The molecule has 32 heavy (non-hydrogen) atoms. The van der Waals surface area contributed by atoms with Crippen molar-refractivity contribution in [1.82, 2.24) is 4.98 Å². The van der Waals surface area contributed by atoms with E-state index in [4.69, 9.17) is 4.74 Å². The van der Waals surface area contributed by atoms with E-state index in [1.807, 2.05) is 0 Å². The maximum atomic E-state index is 12.5. The van der Waals surface area contributed by atoms with Crippen LogP contribution in [0.5, 0.6) is 0 Å². The first-order valence-corrected chi connectivity index (χ1v) is 9.66. The average molecular weight is 463 g/mol. The van der Waals surface area contributed by atoms with E-state index in [0.717, 1.165) is 36.5 Å². The van der Waals surface area contributed by atoms with Crippen molar-refractivity contribution < 1.29 is 34.3 Å². The van der Waals surface area contributed by atoms with E-state index in [0.29, 0.717) is 5.69 Å². The Morgan fingerprint density at radius 1 is 1.31 bits per heavy atom. The second-order valence-electron chi connectivity index (χ2n) is 6.01. The van der Waals surface area contributed by atoms with Gasteiger partial charge >= 0.3 is 11.9 Å². The van der Waals surface area contributed by atoms with Gasteiger partial charge in [-0.1, -0.05) is 11.3 Å². The van der Waals surface area contributed by atoms with Crippen molar-refractivity contribution >= 4 is 45.7 Å². The smallest absolute Gasteiger partial charge is 0.350 e. The number of carboxylic acid groups (broad SMARTS) is 1. The molecule has 0 aliphatic rings. The molecule has 168 valence electrons. The molecular formula is C18H17N5O8S. The van der Waals surface area contributed by atoms with Crippen LogP contribution in [0.2, 0.25) is 0 Å². The number of nitro groups is 1. The predicted molar refractivity (Wildman–Crippen MR) is 111 cm³/mol. The van der Waals surface area contributed by atoms with E-state index < -0.39 is 45.5 Å². The quantitative estimate of drug-likeness (QED) is 0.130. The topological polar surface area (TPSA) is 194 Å². The molecule has 13 nitrogen and oxygen atoms in total. The Labute approximate surface area is 184 Å². The Bertz CT molecular complexity index is 1150. The molecule has 3 N–H and O–H groups in total. The third-order valence-corrected chi connectivity index (χ3v) is 4.77. The molecule has 0 aliphatic carbocycles. The molecule has 0 unspecified atom stereocenters. The summed E-state index contributed by atoms with van der Waals surface area (Å²) in [5.74, 6) is -3.57. The maximum Gasteiger partial charge on any atom is 0.350 e. The first-order chi connectivity index (χ1) is 15.0. The minimum Gasteiger partial charge on any atom is -0.510 e. The second kappa shape index (κ2) is 10.2. The van der Waals surface area contributed by atoms with Crippen LogP contribution in [0.15, 0.2) is 39.9 Å². The number of aromatic carboxylic acids is 1. The van der Waals surface area contributed by atoms with Crippen LogP contribution < -0.4 is 5.32 Å². The van der Waals surface area contributed by atoms with Crippen LogP contribution in [0, 0.1) is 17.0 Å². The molecular weight excluding hydrogens is 446 g/mol. The van der Waals surface area contributed by atoms with Gasteiger partial charge in [0.15, 0.2) is 10.8 Å². The van der Waals surface area contributed by atoms with Crippen molar-refractivity contribution in [2.75, 3.05) is 11.9 Å². The molecule has 0 aliphatic heterocycles. The van der Waals surface area contributed by atoms with Crippen LogP contribution in [0.3, 0.4) is 0 Å². The standard InChI is InChI=1S/C18H17N5O8S/c1-4-31-17(28)14-8(2)19-18(32-14)20-15(25)13(9(3)24)22-21-12-6-5-10(23(29)30)7-11(12)16(26)27/h5-7,24H,4H2,1-3H3,(H,26,27)(H,19,20,25). The van der Waals surface area contributed by atoms with Gasteiger partial charge in [-0.15, -0.1) is 10.2 Å². The lowest BCUT2D eigenvalue weighted by Gasteiger charge is -2.04. The number of aliphatic hydroxyl groups excluding tert-OH is 1. The molecule has 1 amide bonds. The van der Waals surface area contributed by atoms with E-state index in [2.05, 4.69) is 20.5 Å². The lowest BCUT2D eigenvalue weighted by Crippen LogP contribution is -2.14. The van der Waals surface area contributed by atoms with Gasteiger partial charge in [-0.05, 0) is 26.8 Å². The summed E-state index contributed by atoms with van der Waals surface area (Å²) >= 11 is 0.854. The highest BCUT2D eigenvalue weighted by Crippen LogP contribution is 2.27. The van der Waals surface area contributed by atoms with Gasteiger partial charge in [-0.3, -0.25) is 20.2 Å². The summed E-state index contributed by atoms with van der Waals surface area (Å²) in [4.78, 5) is 50.1. The normalized spacial score (nSPS) is 11.7. The number of nitro benzene ring substituents is 1. The number of carbonyl (C=O) groups is 3. The van der Waals surface area contributed by atoms with Gasteiger partial charge in [-0.2, -0.15) is 0 Å². The first-order valence-electron chi connectivity index (χ1n) is 8.84. The number of nitrogens with zero attached hydrogens (tertiary/aromatic N) is 4. The number of nitrogens with one attached hydrogen (secondary N) is 1. The Morgan fingerprint density at radius 3 is 2.56 bits per heavy atom. The Hall–Kier alpha value is -4.20. The third kappa shape index (κ3) is 5.69. The highest BCUT2D eigenvalue weighted by molar-refractivity contribution is 7.17. The highest BCUT2D eigenvalue weighted by atomic mass is 32.1. The lowest BCUT2D eigenvalue weighted by molar-refractivity contribution is -0.384. The molecule has 1 aromatic heterocycles. The zero-order chi connectivity index (χ0) is 24.0. The summed E-state index contributed by atoms with van der Waals surface area (Å²) in [7, 11) is 0. The van der Waals surface area contributed by atoms with E-state index >= 15 is 0 Å². The molecule has 14 heteroatoms. The molecule has 2 aromatic rings. The van der Waals surface area contributed by atoms with E-state index in [-0.39, 0.29) is 22.3 Å². The fourth-order valence-electron chi connectivity index (χ4n) is 2.27. The van der Waals surface area contributed by atoms with Gasteiger partial charge in [-0.25, -0.2) is 14.6 Å². The van der Waals surface area contributed by atoms with Crippen LogP contribution in [-0.2, 0) is 9.53 Å². The first kappa shape index (κ1) is 24.1. The second-order valence-corrected chi connectivity index (χ2v) is 7.00. The lowest BCUT2D eigenvalue weighted by atomic mass is 10.1. The van der Waals surface area contributed by atoms with Gasteiger partial charge in [0.05, 0.1) is 22.8 Å². The van der Waals surface area contributed by atoms with E-state index in [1.165, 1.54) is 0 Å². The summed E-state index contributed by atoms with van der Waals surface area (Å²) in [5.41, 5.74) is -1.50. The minimum absolute atomic E-state index is 0.0334. The zero-order valence-electron chi connectivity index (χ0n) is 17.0. The summed E-state index contributed by atoms with van der Waals surface area (Å²) in [6, 6.07) is 2.86. The third-order valence-electron chi connectivity index (χ3n) is 3.71. The van der Waals surface area contributed by atoms with Crippen molar-refractivity contribution in [3.63, 3.8) is 0 Å². The van der Waals surface area contributed by atoms with Crippen LogP contribution in [0.4, 0.5) is 16.5 Å². The molecule has 0 saturated heterocycles. The molecule has 0 saturated carbocycles. The maximum absolute atomic E-state index is 12.5. The van der Waals surface area contributed by atoms with Crippen molar-refractivity contribution in [3.05, 3.63) is 55.9 Å². The van der Waals surface area contributed by atoms with Crippen molar-refractivity contribution in [2.45, 2.75) is 20.8 Å². The molecule has 1 heterocycles. The van der Waals surface area contributed by atoms with Gasteiger partial charge in [0.25, 0.3) is 11.6 Å². The van der Waals surface area contributed by atoms with Crippen molar-refractivity contribution in [3.8, 4) is 0 Å². The van der Waals surface area contributed by atoms with Gasteiger partial charge in [0.1, 0.15) is 16.3 Å². The van der Waals surface area contributed by atoms with E-state index in [9.17, 15) is 34.7 Å². The highest BCUT2D eigenvalue weighted by Gasteiger charge is 2.21. The number of benzene rings is 1. The fourth-order valence-corrected chi connectivity index (χ4v) is 3.13. The van der Waals surface area contributed by atoms with Gasteiger partial charge in [0, 0.05) is 12.1 Å². The number of allylic oxidation sites excluding steroid dienone is 1. The number of anilines is 1. The molecule has 0 fully saturated rings. The van der Waals surface area contributed by atoms with Crippen LogP contribution in [0.1, 0.15) is 39.6 Å². The SMILES string of the molecule is CCOC(=O)c1sc(NC(=O)C(N=Nc2ccc([N+](=O)[O-])cc2C(=O)O)=C(C)O)nc1C. The summed E-state index contributed by atoms with van der Waals surface area (Å²) in [5, 5.41) is 39.5. The number of carbonyl (C=O) groups excluding carboxylic acids is 2. The van der Waals surface area contributed by atoms with Crippen LogP contribution >= 0.6 is 11.3 Å². The Kier molecular flexibility index (Phi) is 7.68. The average Bonchev–Trinajstić information content (AvgIpc) is 3.07. The summed E-state index contributed by atoms with van der Waals surface area (Å²) in [6.07, 6.45) is 0. The number of aliphatic hydroxyl groups is 1. The van der Waals surface area contributed by atoms with Crippen molar-refractivity contribution in [1.29, 1.82) is 0 Å². The number of aryl methyl sites for hydroxylation is 1. The molecule has 0 spiro atoms. The number of amides is 1. The van der Waals surface area contributed by atoms with E-state index in [1.54, 1.807) is 13.8 Å². The number of carboxylic acids is 1. The zero-order valence-corrected chi connectivity index (χ0v) is 17.8. The van der Waals surface area contributed by atoms with Crippen molar-refractivity contribution in [2.24, 2.45) is 10.2 Å². The largest absolute Gasteiger partial charge is 0.510 e. The molecule has 2 rings (SSSR count). The number of azo groups is 1. The number of aromatic nitrogens is 1. The number of rotatable bonds is 8.